The van der Waals surface area contributed by atoms with E-state index in [9.17, 15) is 4.79 Å². The monoisotopic (exact) mass is 205 g/mol. The van der Waals surface area contributed by atoms with Gasteiger partial charge in [0.05, 0.1) is 7.11 Å². The smallest absolute Gasteiger partial charge is 0.438 e. The van der Waals surface area contributed by atoms with Crippen LogP contribution in [-0.4, -0.2) is 35.4 Å². The van der Waals surface area contributed by atoms with E-state index >= 15 is 0 Å². The van der Waals surface area contributed by atoms with Gasteiger partial charge in [0, 0.05) is 11.7 Å². The molecule has 0 spiro atoms. The molecule has 13 heavy (non-hydrogen) atoms. The van der Waals surface area contributed by atoms with Crippen molar-refractivity contribution in [3.63, 3.8) is 0 Å². The minimum Gasteiger partial charge on any atom is -0.438 e. The Bertz CT molecular complexity index is 231. The lowest BCUT2D eigenvalue weighted by Gasteiger charge is -2.10. The SMILES string of the molecule is COC(=O)OC1SCC(C)C1=NO. The highest BCUT2D eigenvalue weighted by Crippen LogP contribution is 2.29. The molecule has 2 atom stereocenters. The summed E-state index contributed by atoms with van der Waals surface area (Å²) in [6.45, 7) is 1.91. The van der Waals surface area contributed by atoms with E-state index in [1.165, 1.54) is 18.9 Å². The second-order valence-corrected chi connectivity index (χ2v) is 3.76. The fourth-order valence-electron chi connectivity index (χ4n) is 1.01. The van der Waals surface area contributed by atoms with Gasteiger partial charge in [-0.25, -0.2) is 4.79 Å². The van der Waals surface area contributed by atoms with Gasteiger partial charge in [0.25, 0.3) is 0 Å². The van der Waals surface area contributed by atoms with Crippen molar-refractivity contribution in [3.8, 4) is 0 Å². The minimum atomic E-state index is -0.757. The molecule has 0 aromatic carbocycles. The number of hydrogen-bond donors (Lipinski definition) is 1. The Hall–Kier alpha value is -0.910. The summed E-state index contributed by atoms with van der Waals surface area (Å²) in [5.41, 5.74) is -0.0251. The zero-order chi connectivity index (χ0) is 9.84. The van der Waals surface area contributed by atoms with E-state index in [1.807, 2.05) is 6.92 Å². The number of carbonyl (C=O) groups is 1. The van der Waals surface area contributed by atoms with Gasteiger partial charge < -0.3 is 14.7 Å². The van der Waals surface area contributed by atoms with Crippen LogP contribution in [0, 0.1) is 5.92 Å². The molecule has 74 valence electrons. The van der Waals surface area contributed by atoms with Crippen molar-refractivity contribution in [1.29, 1.82) is 0 Å². The molecule has 0 radical (unpaired) electrons. The van der Waals surface area contributed by atoms with Gasteiger partial charge in [0.1, 0.15) is 5.71 Å². The van der Waals surface area contributed by atoms with E-state index in [1.54, 1.807) is 0 Å². The first-order chi connectivity index (χ1) is 6.19. The summed E-state index contributed by atoms with van der Waals surface area (Å²) in [7, 11) is 1.24. The third-order valence-corrected chi connectivity index (χ3v) is 3.06. The summed E-state index contributed by atoms with van der Waals surface area (Å²) in [5.74, 6) is 0.908. The maximum Gasteiger partial charge on any atom is 0.509 e. The van der Waals surface area contributed by atoms with Gasteiger partial charge in [-0.15, -0.1) is 11.8 Å². The molecule has 5 nitrogen and oxygen atoms in total. The molecule has 1 aliphatic heterocycles. The number of ether oxygens (including phenoxy) is 2. The van der Waals surface area contributed by atoms with Crippen LogP contribution in [0.1, 0.15) is 6.92 Å². The quantitative estimate of drug-likeness (QED) is 0.397. The number of nitrogens with zero attached hydrogens (tertiary/aromatic N) is 1. The average Bonchev–Trinajstić information content (AvgIpc) is 2.46. The highest BCUT2D eigenvalue weighted by atomic mass is 32.2. The van der Waals surface area contributed by atoms with Crippen LogP contribution < -0.4 is 0 Å². The Labute approximate surface area is 80.1 Å². The van der Waals surface area contributed by atoms with Crippen LogP contribution >= 0.6 is 11.8 Å². The molecule has 0 aromatic heterocycles. The van der Waals surface area contributed by atoms with Gasteiger partial charge in [-0.05, 0) is 0 Å². The Morgan fingerprint density at radius 2 is 2.46 bits per heavy atom. The van der Waals surface area contributed by atoms with Crippen LogP contribution in [0.2, 0.25) is 0 Å². The Balaban J connectivity index is 2.56. The summed E-state index contributed by atoms with van der Waals surface area (Å²) >= 11 is 1.41. The van der Waals surface area contributed by atoms with Crippen molar-refractivity contribution in [2.45, 2.75) is 12.4 Å². The predicted molar refractivity (Wildman–Crippen MR) is 48.1 cm³/mol. The first kappa shape index (κ1) is 10.2. The second-order valence-electron chi connectivity index (χ2n) is 2.66. The third-order valence-electron chi connectivity index (χ3n) is 1.73. The van der Waals surface area contributed by atoms with Crippen molar-refractivity contribution in [1.82, 2.24) is 0 Å². The molecule has 0 saturated carbocycles. The lowest BCUT2D eigenvalue weighted by molar-refractivity contribution is 0.0772. The van der Waals surface area contributed by atoms with E-state index in [2.05, 4.69) is 9.89 Å². The predicted octanol–water partition coefficient (Wildman–Crippen LogP) is 1.31. The van der Waals surface area contributed by atoms with Crippen LogP contribution in [-0.2, 0) is 9.47 Å². The van der Waals surface area contributed by atoms with Crippen LogP contribution in [0.3, 0.4) is 0 Å². The molecule has 1 rings (SSSR count). The van der Waals surface area contributed by atoms with Gasteiger partial charge in [-0.3, -0.25) is 0 Å². The standard InChI is InChI=1S/C7H11NO4S/c1-4-3-13-6(5(4)8-10)12-7(9)11-2/h4,6,10H,3H2,1-2H3. The van der Waals surface area contributed by atoms with E-state index in [0.717, 1.165) is 5.75 Å². The molecule has 1 heterocycles. The van der Waals surface area contributed by atoms with Crippen molar-refractivity contribution >= 4 is 23.6 Å². The first-order valence-corrected chi connectivity index (χ1v) is 4.82. The molecule has 1 aliphatic rings. The van der Waals surface area contributed by atoms with Gasteiger partial charge in [0.15, 0.2) is 5.44 Å². The molecule has 1 saturated heterocycles. The topological polar surface area (TPSA) is 68.1 Å². The number of thioether (sulfide) groups is 1. The molecule has 0 aromatic rings. The molecule has 0 aliphatic carbocycles. The molecule has 6 heteroatoms. The lowest BCUT2D eigenvalue weighted by Crippen LogP contribution is -2.23. The normalized spacial score (nSPS) is 30.5. The molecule has 2 unspecified atom stereocenters. The highest BCUT2D eigenvalue weighted by molar-refractivity contribution is 8.01. The maximum atomic E-state index is 10.7. The largest absolute Gasteiger partial charge is 0.509 e. The van der Waals surface area contributed by atoms with Crippen LogP contribution in [0.25, 0.3) is 0 Å². The van der Waals surface area contributed by atoms with E-state index in [-0.39, 0.29) is 5.92 Å². The van der Waals surface area contributed by atoms with Crippen LogP contribution in [0.4, 0.5) is 4.79 Å². The average molecular weight is 205 g/mol. The molecule has 0 bridgehead atoms. The van der Waals surface area contributed by atoms with Gasteiger partial charge in [-0.1, -0.05) is 12.1 Å². The molecule has 0 amide bonds. The van der Waals surface area contributed by atoms with Crippen LogP contribution in [0.5, 0.6) is 0 Å². The number of carbonyl (C=O) groups excluding carboxylic acids is 1. The van der Waals surface area contributed by atoms with Crippen LogP contribution in [0.15, 0.2) is 5.16 Å². The van der Waals surface area contributed by atoms with Gasteiger partial charge in [-0.2, -0.15) is 0 Å². The van der Waals surface area contributed by atoms with E-state index in [0.29, 0.717) is 5.71 Å². The van der Waals surface area contributed by atoms with Crippen molar-refractivity contribution in [2.75, 3.05) is 12.9 Å². The Morgan fingerprint density at radius 3 is 3.00 bits per heavy atom. The minimum absolute atomic E-state index is 0.129. The Morgan fingerprint density at radius 1 is 1.77 bits per heavy atom. The number of methoxy groups -OCH3 is 1. The summed E-state index contributed by atoms with van der Waals surface area (Å²) in [6, 6.07) is 0. The summed E-state index contributed by atoms with van der Waals surface area (Å²) in [6.07, 6.45) is -0.757. The van der Waals surface area contributed by atoms with Gasteiger partial charge >= 0.3 is 6.16 Å². The first-order valence-electron chi connectivity index (χ1n) is 3.77. The van der Waals surface area contributed by atoms with E-state index < -0.39 is 11.6 Å². The number of oxime groups is 1. The Kier molecular flexibility index (Phi) is 3.41. The molecular weight excluding hydrogens is 194 g/mol. The second kappa shape index (κ2) is 4.36. The highest BCUT2D eigenvalue weighted by Gasteiger charge is 2.33. The molecule has 1 N–H and O–H groups in total. The summed E-state index contributed by atoms with van der Waals surface area (Å²) in [4.78, 5) is 10.7. The number of hydrogen-bond acceptors (Lipinski definition) is 6. The zero-order valence-corrected chi connectivity index (χ0v) is 8.21. The van der Waals surface area contributed by atoms with E-state index in [4.69, 9.17) is 9.94 Å². The van der Waals surface area contributed by atoms with Gasteiger partial charge in [0.2, 0.25) is 0 Å². The van der Waals surface area contributed by atoms with Crippen molar-refractivity contribution in [2.24, 2.45) is 11.1 Å². The van der Waals surface area contributed by atoms with Crippen molar-refractivity contribution < 1.29 is 19.5 Å². The molecule has 1 fully saturated rings. The molecular formula is C7H11NO4S. The summed E-state index contributed by atoms with van der Waals surface area (Å²) in [5, 5.41) is 11.7. The van der Waals surface area contributed by atoms with Crippen molar-refractivity contribution in [3.05, 3.63) is 0 Å². The number of rotatable bonds is 1. The zero-order valence-electron chi connectivity index (χ0n) is 7.39. The third kappa shape index (κ3) is 2.27. The lowest BCUT2D eigenvalue weighted by atomic mass is 10.1. The fourth-order valence-corrected chi connectivity index (χ4v) is 2.24. The summed E-state index contributed by atoms with van der Waals surface area (Å²) < 4.78 is 9.17. The fraction of sp³-hybridized carbons (Fsp3) is 0.714. The maximum absolute atomic E-state index is 10.7.